The molecule has 1 aliphatic rings. The lowest BCUT2D eigenvalue weighted by molar-refractivity contribution is -0.143. The summed E-state index contributed by atoms with van der Waals surface area (Å²) in [5.74, 6) is 1.25. The van der Waals surface area contributed by atoms with Crippen LogP contribution in [-0.2, 0) is 9.53 Å². The number of pyridine rings is 1. The molecule has 1 aromatic heterocycles. The number of amides is 1. The van der Waals surface area contributed by atoms with Gasteiger partial charge < -0.3 is 24.4 Å². The highest BCUT2D eigenvalue weighted by Crippen LogP contribution is 2.28. The molecule has 0 bridgehead atoms. The van der Waals surface area contributed by atoms with Crippen molar-refractivity contribution in [2.75, 3.05) is 44.8 Å². The summed E-state index contributed by atoms with van der Waals surface area (Å²) in [5, 5.41) is 3.22. The third-order valence-corrected chi connectivity index (χ3v) is 4.28. The standard InChI is InChI=1S/C21H25N3O5/c1-2-27-20(25)15-24-11-13-29-18-14-16(7-8-17(18)21(24)26)28-12-5-10-23-19-6-3-4-9-22-19/h3-4,6-9,14H,2,5,10-13,15H2,1H3,(H,22,23). The van der Waals surface area contributed by atoms with Gasteiger partial charge in [0, 0.05) is 18.8 Å². The number of hydrogen-bond donors (Lipinski definition) is 1. The van der Waals surface area contributed by atoms with Crippen LogP contribution in [0.3, 0.4) is 0 Å². The molecule has 0 radical (unpaired) electrons. The van der Waals surface area contributed by atoms with Crippen LogP contribution in [0.5, 0.6) is 11.5 Å². The first-order valence-corrected chi connectivity index (χ1v) is 9.67. The fourth-order valence-corrected chi connectivity index (χ4v) is 2.89. The van der Waals surface area contributed by atoms with E-state index >= 15 is 0 Å². The summed E-state index contributed by atoms with van der Waals surface area (Å²) in [5.41, 5.74) is 0.413. The molecule has 1 aliphatic heterocycles. The van der Waals surface area contributed by atoms with E-state index in [1.165, 1.54) is 4.90 Å². The second-order valence-corrected chi connectivity index (χ2v) is 6.38. The van der Waals surface area contributed by atoms with Gasteiger partial charge in [-0.3, -0.25) is 9.59 Å². The first-order chi connectivity index (χ1) is 14.2. The van der Waals surface area contributed by atoms with E-state index in [2.05, 4.69) is 10.3 Å². The van der Waals surface area contributed by atoms with Crippen molar-refractivity contribution in [3.8, 4) is 11.5 Å². The molecule has 8 heteroatoms. The van der Waals surface area contributed by atoms with Gasteiger partial charge in [0.25, 0.3) is 5.91 Å². The number of aromatic nitrogens is 1. The number of nitrogens with one attached hydrogen (secondary N) is 1. The third kappa shape index (κ3) is 5.84. The minimum absolute atomic E-state index is 0.0863. The summed E-state index contributed by atoms with van der Waals surface area (Å²) in [6, 6.07) is 10.8. The van der Waals surface area contributed by atoms with E-state index in [1.54, 1.807) is 31.3 Å². The van der Waals surface area contributed by atoms with Gasteiger partial charge >= 0.3 is 5.97 Å². The summed E-state index contributed by atoms with van der Waals surface area (Å²) < 4.78 is 16.4. The van der Waals surface area contributed by atoms with Gasteiger partial charge in [-0.25, -0.2) is 4.98 Å². The number of ether oxygens (including phenoxy) is 3. The summed E-state index contributed by atoms with van der Waals surface area (Å²) >= 11 is 0. The molecule has 3 rings (SSSR count). The maximum Gasteiger partial charge on any atom is 0.325 e. The lowest BCUT2D eigenvalue weighted by atomic mass is 10.1. The van der Waals surface area contributed by atoms with Crippen LogP contribution in [0.15, 0.2) is 42.6 Å². The van der Waals surface area contributed by atoms with E-state index in [0.717, 1.165) is 18.8 Å². The molecule has 0 atom stereocenters. The first-order valence-electron chi connectivity index (χ1n) is 9.67. The van der Waals surface area contributed by atoms with Gasteiger partial charge in [0.2, 0.25) is 0 Å². The molecule has 2 aromatic rings. The van der Waals surface area contributed by atoms with Gasteiger partial charge in [-0.15, -0.1) is 0 Å². The molecule has 0 spiro atoms. The van der Waals surface area contributed by atoms with Gasteiger partial charge in [0.05, 0.1) is 25.3 Å². The van der Waals surface area contributed by atoms with E-state index < -0.39 is 5.97 Å². The number of anilines is 1. The molecule has 0 aliphatic carbocycles. The fraction of sp³-hybridized carbons (Fsp3) is 0.381. The van der Waals surface area contributed by atoms with Crippen molar-refractivity contribution in [2.45, 2.75) is 13.3 Å². The van der Waals surface area contributed by atoms with Crippen LogP contribution >= 0.6 is 0 Å². The Labute approximate surface area is 169 Å². The number of rotatable bonds is 9. The monoisotopic (exact) mass is 399 g/mol. The molecule has 1 aromatic carbocycles. The van der Waals surface area contributed by atoms with Crippen LogP contribution in [0.2, 0.25) is 0 Å². The maximum absolute atomic E-state index is 12.7. The smallest absolute Gasteiger partial charge is 0.325 e. The Morgan fingerprint density at radius 2 is 2.21 bits per heavy atom. The van der Waals surface area contributed by atoms with E-state index in [9.17, 15) is 9.59 Å². The van der Waals surface area contributed by atoms with Gasteiger partial charge in [0.15, 0.2) is 0 Å². The average molecular weight is 399 g/mol. The molecule has 154 valence electrons. The Hall–Kier alpha value is -3.29. The zero-order valence-corrected chi connectivity index (χ0v) is 16.4. The van der Waals surface area contributed by atoms with Crippen molar-refractivity contribution in [1.29, 1.82) is 0 Å². The van der Waals surface area contributed by atoms with Crippen molar-refractivity contribution in [1.82, 2.24) is 9.88 Å². The summed E-state index contributed by atoms with van der Waals surface area (Å²) in [6.45, 7) is 3.80. The van der Waals surface area contributed by atoms with Crippen molar-refractivity contribution in [3.05, 3.63) is 48.2 Å². The topological polar surface area (TPSA) is 90.0 Å². The summed E-state index contributed by atoms with van der Waals surface area (Å²) in [7, 11) is 0. The minimum atomic E-state index is -0.427. The van der Waals surface area contributed by atoms with Crippen LogP contribution < -0.4 is 14.8 Å². The molecule has 1 amide bonds. The Kier molecular flexibility index (Phi) is 7.27. The normalized spacial score (nSPS) is 13.1. The van der Waals surface area contributed by atoms with Crippen LogP contribution in [0, 0.1) is 0 Å². The number of fused-ring (bicyclic) bond motifs is 1. The minimum Gasteiger partial charge on any atom is -0.493 e. The molecule has 8 nitrogen and oxygen atoms in total. The summed E-state index contributed by atoms with van der Waals surface area (Å²) in [6.07, 6.45) is 2.53. The van der Waals surface area contributed by atoms with Gasteiger partial charge in [-0.2, -0.15) is 0 Å². The van der Waals surface area contributed by atoms with E-state index in [4.69, 9.17) is 14.2 Å². The first kappa shape index (κ1) is 20.4. The number of carbonyl (C=O) groups excluding carboxylic acids is 2. The molecule has 0 saturated carbocycles. The van der Waals surface area contributed by atoms with Gasteiger partial charge in [-0.05, 0) is 37.6 Å². The van der Waals surface area contributed by atoms with Crippen LogP contribution in [0.1, 0.15) is 23.7 Å². The predicted molar refractivity (Wildman–Crippen MR) is 107 cm³/mol. The van der Waals surface area contributed by atoms with Crippen LogP contribution in [0.25, 0.3) is 0 Å². The zero-order valence-electron chi connectivity index (χ0n) is 16.4. The maximum atomic E-state index is 12.7. The van der Waals surface area contributed by atoms with Crippen LogP contribution in [-0.4, -0.2) is 61.2 Å². The molecule has 0 fully saturated rings. The summed E-state index contributed by atoms with van der Waals surface area (Å²) in [4.78, 5) is 30.1. The van der Waals surface area contributed by atoms with Gasteiger partial charge in [0.1, 0.15) is 30.5 Å². The highest BCUT2D eigenvalue weighted by atomic mass is 16.5. The van der Waals surface area contributed by atoms with E-state index in [1.807, 2.05) is 18.2 Å². The number of hydrogen-bond acceptors (Lipinski definition) is 7. The van der Waals surface area contributed by atoms with Crippen LogP contribution in [0.4, 0.5) is 5.82 Å². The number of esters is 1. The largest absolute Gasteiger partial charge is 0.493 e. The number of nitrogens with zero attached hydrogens (tertiary/aromatic N) is 2. The lowest BCUT2D eigenvalue weighted by Crippen LogP contribution is -2.37. The average Bonchev–Trinajstić information content (AvgIpc) is 2.87. The van der Waals surface area contributed by atoms with Crippen molar-refractivity contribution in [2.24, 2.45) is 0 Å². The highest BCUT2D eigenvalue weighted by molar-refractivity contribution is 5.98. The fourth-order valence-electron chi connectivity index (χ4n) is 2.89. The van der Waals surface area contributed by atoms with Crippen molar-refractivity contribution in [3.63, 3.8) is 0 Å². The Bertz CT molecular complexity index is 828. The van der Waals surface area contributed by atoms with E-state index in [0.29, 0.717) is 36.8 Å². The SMILES string of the molecule is CCOC(=O)CN1CCOc2cc(OCCCNc3ccccn3)ccc2C1=O. The Balaban J connectivity index is 1.51. The Morgan fingerprint density at radius 1 is 1.31 bits per heavy atom. The molecule has 29 heavy (non-hydrogen) atoms. The quantitative estimate of drug-likeness (QED) is 0.511. The van der Waals surface area contributed by atoms with Gasteiger partial charge in [-0.1, -0.05) is 6.07 Å². The molecular formula is C21H25N3O5. The number of benzene rings is 1. The van der Waals surface area contributed by atoms with E-state index in [-0.39, 0.29) is 19.1 Å². The van der Waals surface area contributed by atoms with Crippen molar-refractivity contribution < 1.29 is 23.8 Å². The molecule has 1 N–H and O–H groups in total. The second-order valence-electron chi connectivity index (χ2n) is 6.38. The molecular weight excluding hydrogens is 374 g/mol. The molecule has 0 saturated heterocycles. The third-order valence-electron chi connectivity index (χ3n) is 4.28. The second kappa shape index (κ2) is 10.3. The Morgan fingerprint density at radius 3 is 3.00 bits per heavy atom. The zero-order chi connectivity index (χ0) is 20.5. The molecule has 2 heterocycles. The lowest BCUT2D eigenvalue weighted by Gasteiger charge is -2.18. The predicted octanol–water partition coefficient (Wildman–Crippen LogP) is 2.36. The van der Waals surface area contributed by atoms with Crippen molar-refractivity contribution >= 4 is 17.7 Å². The molecule has 0 unspecified atom stereocenters. The highest BCUT2D eigenvalue weighted by Gasteiger charge is 2.26. The number of carbonyl (C=O) groups is 2.